The second-order valence-electron chi connectivity index (χ2n) is 7.08. The van der Waals surface area contributed by atoms with Crippen LogP contribution in [0.3, 0.4) is 0 Å². The number of benzene rings is 2. The number of hydrogen-bond donors (Lipinski definition) is 1. The van der Waals surface area contributed by atoms with Crippen LogP contribution in [0.4, 0.5) is 5.13 Å². The molecular formula is C21H22N4O5S2. The number of methoxy groups -OCH3 is 2. The molecule has 1 aromatic heterocycles. The van der Waals surface area contributed by atoms with Crippen molar-refractivity contribution in [1.82, 2.24) is 14.5 Å². The fourth-order valence-corrected chi connectivity index (χ4v) is 5.91. The molecule has 1 N–H and O–H groups in total. The van der Waals surface area contributed by atoms with Gasteiger partial charge in [0.15, 0.2) is 0 Å². The third-order valence-electron chi connectivity index (χ3n) is 5.14. The molecule has 9 nitrogen and oxygen atoms in total. The molecule has 2 heterocycles. The third kappa shape index (κ3) is 4.45. The predicted octanol–water partition coefficient (Wildman–Crippen LogP) is 3.01. The quantitative estimate of drug-likeness (QED) is 0.560. The molecule has 32 heavy (non-hydrogen) atoms. The maximum Gasteiger partial charge on any atom is 0.244 e. The molecule has 0 saturated carbocycles. The number of hydrogen-bond acceptors (Lipinski definition) is 8. The van der Waals surface area contributed by atoms with Gasteiger partial charge in [-0.05, 0) is 49.2 Å². The van der Waals surface area contributed by atoms with E-state index in [0.717, 1.165) is 5.56 Å². The number of rotatable bonds is 7. The van der Waals surface area contributed by atoms with Crippen LogP contribution in [0.2, 0.25) is 0 Å². The lowest BCUT2D eigenvalue weighted by atomic mass is 10.2. The Morgan fingerprint density at radius 3 is 2.56 bits per heavy atom. The first kappa shape index (κ1) is 22.2. The fraction of sp³-hybridized carbons (Fsp3) is 0.286. The highest BCUT2D eigenvalue weighted by atomic mass is 32.2. The number of anilines is 1. The number of ether oxygens (including phenoxy) is 2. The van der Waals surface area contributed by atoms with Gasteiger partial charge in [-0.25, -0.2) is 8.42 Å². The standard InChI is InChI=1S/C21H22N4O5S2/c1-29-15-8-10-17(11-9-15)32(27,28)25-12-4-7-18(25)19(26)22-21-24-23-20(31-21)14-5-3-6-16(13-14)30-2/h3,5-6,8-11,13,18H,4,7,12H2,1-2H3,(H,22,24,26). The SMILES string of the molecule is COc1ccc(S(=O)(=O)N2CCCC2C(=O)Nc2nnc(-c3cccc(OC)c3)s2)cc1. The van der Waals surface area contributed by atoms with E-state index < -0.39 is 22.0 Å². The van der Waals surface area contributed by atoms with Gasteiger partial charge in [0, 0.05) is 12.1 Å². The first-order chi connectivity index (χ1) is 15.4. The van der Waals surface area contributed by atoms with Crippen molar-refractivity contribution in [3.63, 3.8) is 0 Å². The predicted molar refractivity (Wildman–Crippen MR) is 120 cm³/mol. The molecule has 0 bridgehead atoms. The minimum atomic E-state index is -3.83. The van der Waals surface area contributed by atoms with Crippen molar-refractivity contribution < 1.29 is 22.7 Å². The molecule has 0 spiro atoms. The van der Waals surface area contributed by atoms with Crippen molar-refractivity contribution in [3.05, 3.63) is 48.5 Å². The van der Waals surface area contributed by atoms with Crippen molar-refractivity contribution in [2.24, 2.45) is 0 Å². The molecule has 1 atom stereocenters. The summed E-state index contributed by atoms with van der Waals surface area (Å²) in [4.78, 5) is 13.1. The van der Waals surface area contributed by atoms with Gasteiger partial charge < -0.3 is 9.47 Å². The molecule has 1 aliphatic heterocycles. The molecule has 3 aromatic rings. The molecule has 0 radical (unpaired) electrons. The summed E-state index contributed by atoms with van der Waals surface area (Å²) in [5.74, 6) is 0.823. The van der Waals surface area contributed by atoms with Crippen molar-refractivity contribution in [2.45, 2.75) is 23.8 Å². The van der Waals surface area contributed by atoms with Gasteiger partial charge in [0.1, 0.15) is 22.5 Å². The smallest absolute Gasteiger partial charge is 0.244 e. The molecule has 1 fully saturated rings. The van der Waals surface area contributed by atoms with Crippen LogP contribution in [0.1, 0.15) is 12.8 Å². The summed E-state index contributed by atoms with van der Waals surface area (Å²) in [5.41, 5.74) is 0.812. The number of carbonyl (C=O) groups is 1. The Kier molecular flexibility index (Phi) is 6.40. The molecule has 0 aliphatic carbocycles. The molecule has 11 heteroatoms. The van der Waals surface area contributed by atoms with Gasteiger partial charge in [-0.3, -0.25) is 10.1 Å². The largest absolute Gasteiger partial charge is 0.497 e. The van der Waals surface area contributed by atoms with Crippen LogP contribution >= 0.6 is 11.3 Å². The van der Waals surface area contributed by atoms with Crippen LogP contribution in [0.25, 0.3) is 10.6 Å². The topological polar surface area (TPSA) is 111 Å². The van der Waals surface area contributed by atoms with E-state index in [1.54, 1.807) is 19.2 Å². The maximum atomic E-state index is 13.1. The average Bonchev–Trinajstić information content (AvgIpc) is 3.49. The molecular weight excluding hydrogens is 452 g/mol. The second kappa shape index (κ2) is 9.23. The number of amides is 1. The van der Waals surface area contributed by atoms with Crippen LogP contribution in [0, 0.1) is 0 Å². The van der Waals surface area contributed by atoms with E-state index >= 15 is 0 Å². The van der Waals surface area contributed by atoms with E-state index in [1.165, 1.54) is 34.9 Å². The van der Waals surface area contributed by atoms with E-state index in [-0.39, 0.29) is 11.4 Å². The zero-order chi connectivity index (χ0) is 22.7. The highest BCUT2D eigenvalue weighted by Gasteiger charge is 2.39. The Hall–Kier alpha value is -3.02. The first-order valence-corrected chi connectivity index (χ1v) is 12.1. The number of aromatic nitrogens is 2. The summed E-state index contributed by atoms with van der Waals surface area (Å²) < 4.78 is 37.8. The normalized spacial score (nSPS) is 16.6. The molecule has 1 aliphatic rings. The van der Waals surface area contributed by atoms with Crippen molar-refractivity contribution in [2.75, 3.05) is 26.1 Å². The molecule has 2 aromatic carbocycles. The molecule has 1 amide bonds. The maximum absolute atomic E-state index is 13.1. The van der Waals surface area contributed by atoms with Gasteiger partial charge in [-0.2, -0.15) is 4.31 Å². The number of carbonyl (C=O) groups excluding carboxylic acids is 1. The Labute approximate surface area is 190 Å². The van der Waals surface area contributed by atoms with Gasteiger partial charge in [-0.1, -0.05) is 23.5 Å². The monoisotopic (exact) mass is 474 g/mol. The van der Waals surface area contributed by atoms with E-state index in [9.17, 15) is 13.2 Å². The van der Waals surface area contributed by atoms with Gasteiger partial charge in [0.25, 0.3) is 0 Å². The Balaban J connectivity index is 1.50. The van der Waals surface area contributed by atoms with Crippen LogP contribution < -0.4 is 14.8 Å². The summed E-state index contributed by atoms with van der Waals surface area (Å²) in [7, 11) is -0.732. The average molecular weight is 475 g/mol. The number of nitrogens with zero attached hydrogens (tertiary/aromatic N) is 3. The van der Waals surface area contributed by atoms with E-state index in [2.05, 4.69) is 15.5 Å². The number of nitrogens with one attached hydrogen (secondary N) is 1. The lowest BCUT2D eigenvalue weighted by Gasteiger charge is -2.23. The summed E-state index contributed by atoms with van der Waals surface area (Å²) in [5, 5.41) is 11.8. The van der Waals surface area contributed by atoms with E-state index in [0.29, 0.717) is 34.5 Å². The van der Waals surface area contributed by atoms with Crippen molar-refractivity contribution >= 4 is 32.4 Å². The second-order valence-corrected chi connectivity index (χ2v) is 9.95. The first-order valence-electron chi connectivity index (χ1n) is 9.87. The lowest BCUT2D eigenvalue weighted by molar-refractivity contribution is -0.119. The number of sulfonamides is 1. The summed E-state index contributed by atoms with van der Waals surface area (Å²) in [6.07, 6.45) is 1.03. The highest BCUT2D eigenvalue weighted by Crippen LogP contribution is 2.31. The Morgan fingerprint density at radius 1 is 1.09 bits per heavy atom. The van der Waals surface area contributed by atoms with Gasteiger partial charge in [0.05, 0.1) is 19.1 Å². The van der Waals surface area contributed by atoms with Crippen LogP contribution in [-0.2, 0) is 14.8 Å². The van der Waals surface area contributed by atoms with Crippen LogP contribution in [0.15, 0.2) is 53.4 Å². The van der Waals surface area contributed by atoms with Crippen LogP contribution in [0.5, 0.6) is 11.5 Å². The third-order valence-corrected chi connectivity index (χ3v) is 7.95. The van der Waals surface area contributed by atoms with Crippen molar-refractivity contribution in [1.29, 1.82) is 0 Å². The lowest BCUT2D eigenvalue weighted by Crippen LogP contribution is -2.43. The summed E-state index contributed by atoms with van der Waals surface area (Å²) in [6.45, 7) is 0.275. The van der Waals surface area contributed by atoms with Gasteiger partial charge in [0.2, 0.25) is 21.1 Å². The van der Waals surface area contributed by atoms with E-state index in [4.69, 9.17) is 9.47 Å². The fourth-order valence-electron chi connectivity index (χ4n) is 3.51. The molecule has 1 unspecified atom stereocenters. The Bertz CT molecular complexity index is 1210. The minimum absolute atomic E-state index is 0.120. The van der Waals surface area contributed by atoms with Gasteiger partial charge >= 0.3 is 0 Å². The highest BCUT2D eigenvalue weighted by molar-refractivity contribution is 7.89. The zero-order valence-corrected chi connectivity index (χ0v) is 19.1. The van der Waals surface area contributed by atoms with Crippen molar-refractivity contribution in [3.8, 4) is 22.1 Å². The zero-order valence-electron chi connectivity index (χ0n) is 17.5. The summed E-state index contributed by atoms with van der Waals surface area (Å²) >= 11 is 1.21. The summed E-state index contributed by atoms with van der Waals surface area (Å²) in [6, 6.07) is 12.7. The Morgan fingerprint density at radius 2 is 1.84 bits per heavy atom. The molecule has 1 saturated heterocycles. The molecule has 4 rings (SSSR count). The minimum Gasteiger partial charge on any atom is -0.497 e. The molecule has 168 valence electrons. The van der Waals surface area contributed by atoms with Crippen LogP contribution in [-0.4, -0.2) is 55.6 Å². The van der Waals surface area contributed by atoms with Gasteiger partial charge in [-0.15, -0.1) is 10.2 Å². The van der Waals surface area contributed by atoms with E-state index in [1.807, 2.05) is 24.3 Å².